The van der Waals surface area contributed by atoms with Crippen molar-refractivity contribution in [1.29, 1.82) is 0 Å². The van der Waals surface area contributed by atoms with Crippen molar-refractivity contribution in [3.63, 3.8) is 0 Å². The van der Waals surface area contributed by atoms with Gasteiger partial charge in [-0.05, 0) is 50.2 Å². The molecule has 3 aliphatic rings. The fourth-order valence-electron chi connectivity index (χ4n) is 5.91. The second kappa shape index (κ2) is 8.89. The number of fused-ring (bicyclic) bond motifs is 1. The first-order valence-electron chi connectivity index (χ1n) is 12.2. The van der Waals surface area contributed by atoms with Crippen LogP contribution in [0.15, 0.2) is 24.3 Å². The number of aliphatic hydroxyl groups excluding tert-OH is 1. The Morgan fingerprint density at radius 1 is 1.09 bits per heavy atom. The predicted molar refractivity (Wildman–Crippen MR) is 127 cm³/mol. The molecule has 8 heteroatoms. The van der Waals surface area contributed by atoms with Gasteiger partial charge < -0.3 is 15.3 Å². The number of carbonyl (C=O) groups excluding carboxylic acids is 2. The Hall–Kier alpha value is -2.74. The molecule has 2 N–H and O–H groups in total. The summed E-state index contributed by atoms with van der Waals surface area (Å²) < 4.78 is 0. The minimum absolute atomic E-state index is 0.0164. The van der Waals surface area contributed by atoms with Crippen LogP contribution in [0, 0.1) is 11.3 Å². The van der Waals surface area contributed by atoms with Crippen LogP contribution in [-0.2, 0) is 9.59 Å². The number of nitrogens with zero attached hydrogens (tertiary/aromatic N) is 4. The van der Waals surface area contributed by atoms with Gasteiger partial charge in [0, 0.05) is 49.3 Å². The van der Waals surface area contributed by atoms with Crippen molar-refractivity contribution >= 4 is 34.5 Å². The van der Waals surface area contributed by atoms with Gasteiger partial charge in [0.05, 0.1) is 12.1 Å². The number of para-hydroxylation sites is 1. The van der Waals surface area contributed by atoms with E-state index in [-0.39, 0.29) is 29.9 Å². The number of anilines is 2. The molecule has 1 aliphatic carbocycles. The fourth-order valence-corrected chi connectivity index (χ4v) is 5.91. The lowest BCUT2D eigenvalue weighted by Crippen LogP contribution is -2.51. The fraction of sp³-hybridized carbons (Fsp3) is 0.600. The first-order chi connectivity index (χ1) is 16.0. The number of hydrogen-bond acceptors (Lipinski definition) is 7. The van der Waals surface area contributed by atoms with Gasteiger partial charge in [-0.2, -0.15) is 4.98 Å². The van der Waals surface area contributed by atoms with Crippen LogP contribution in [0.4, 0.5) is 11.8 Å². The number of carbonyl (C=O) groups is 2. The van der Waals surface area contributed by atoms with Crippen LogP contribution in [-0.4, -0.2) is 64.1 Å². The van der Waals surface area contributed by atoms with Gasteiger partial charge in [0.25, 0.3) is 0 Å². The van der Waals surface area contributed by atoms with Crippen molar-refractivity contribution in [3.05, 3.63) is 24.3 Å². The zero-order chi connectivity index (χ0) is 23.0. The summed E-state index contributed by atoms with van der Waals surface area (Å²) in [5, 5.41) is 14.3. The quantitative estimate of drug-likeness (QED) is 0.652. The number of imide groups is 1. The molecule has 0 radical (unpaired) electrons. The smallest absolute Gasteiger partial charge is 0.229 e. The molecule has 8 nitrogen and oxygen atoms in total. The highest BCUT2D eigenvalue weighted by Gasteiger charge is 2.41. The molecule has 1 aromatic carbocycles. The van der Waals surface area contributed by atoms with E-state index in [1.807, 2.05) is 24.3 Å². The zero-order valence-electron chi connectivity index (χ0n) is 19.3. The van der Waals surface area contributed by atoms with Crippen LogP contribution in [0.1, 0.15) is 51.9 Å². The molecule has 176 valence electrons. The van der Waals surface area contributed by atoms with Crippen molar-refractivity contribution in [2.45, 2.75) is 57.9 Å². The number of hydrogen-bond donors (Lipinski definition) is 2. The van der Waals surface area contributed by atoms with Crippen LogP contribution in [0.25, 0.3) is 10.9 Å². The third-order valence-corrected chi connectivity index (χ3v) is 7.55. The second-order valence-electron chi connectivity index (χ2n) is 10.1. The van der Waals surface area contributed by atoms with E-state index >= 15 is 0 Å². The summed E-state index contributed by atoms with van der Waals surface area (Å²) in [5.74, 6) is 2.07. The first-order valence-corrected chi connectivity index (χ1v) is 12.2. The lowest BCUT2D eigenvalue weighted by atomic mass is 9.63. The van der Waals surface area contributed by atoms with Gasteiger partial charge in [0.15, 0.2) is 0 Å². The summed E-state index contributed by atoms with van der Waals surface area (Å²) in [7, 11) is 0. The lowest BCUT2D eigenvalue weighted by Gasteiger charge is -2.45. The molecule has 1 saturated carbocycles. The number of rotatable bonds is 6. The Morgan fingerprint density at radius 2 is 1.79 bits per heavy atom. The lowest BCUT2D eigenvalue weighted by molar-refractivity contribution is -0.151. The average Bonchev–Trinajstić information content (AvgIpc) is 2.81. The Bertz CT molecular complexity index is 1030. The molecule has 2 saturated heterocycles. The van der Waals surface area contributed by atoms with E-state index in [9.17, 15) is 14.7 Å². The minimum atomic E-state index is -0.0829. The number of piperidine rings is 2. The maximum atomic E-state index is 12.3. The summed E-state index contributed by atoms with van der Waals surface area (Å²) in [6.07, 6.45) is 5.16. The molecule has 33 heavy (non-hydrogen) atoms. The van der Waals surface area contributed by atoms with Gasteiger partial charge in [-0.1, -0.05) is 19.1 Å². The Kier molecular flexibility index (Phi) is 5.95. The molecule has 0 atom stereocenters. The molecule has 2 amide bonds. The number of aromatic nitrogens is 2. The maximum absolute atomic E-state index is 12.3. The molecular weight excluding hydrogens is 418 g/mol. The third-order valence-electron chi connectivity index (χ3n) is 7.55. The van der Waals surface area contributed by atoms with Crippen LogP contribution in [0.5, 0.6) is 0 Å². The SMILES string of the molecule is CC1CC(CO)(CNc2nc(N3CCC(N4C(=O)CCCC4=O)CC3)c3ccccc3n2)C1. The highest BCUT2D eigenvalue weighted by Crippen LogP contribution is 2.45. The van der Waals surface area contributed by atoms with E-state index in [0.717, 1.165) is 55.5 Å². The van der Waals surface area contributed by atoms with Crippen LogP contribution in [0.3, 0.4) is 0 Å². The summed E-state index contributed by atoms with van der Waals surface area (Å²) >= 11 is 0. The first kappa shape index (κ1) is 22.1. The second-order valence-corrected chi connectivity index (χ2v) is 10.1. The summed E-state index contributed by atoms with van der Waals surface area (Å²) in [5.41, 5.74) is 0.800. The standard InChI is InChI=1S/C25H33N5O3/c1-17-13-25(14-17,16-31)15-26-24-27-20-6-3-2-5-19(20)23(28-24)29-11-9-18(10-12-29)30-21(32)7-4-8-22(30)33/h2-3,5-6,17-18,31H,4,7-16H2,1H3,(H,26,27,28). The summed E-state index contributed by atoms with van der Waals surface area (Å²) in [6.45, 7) is 4.52. The van der Waals surface area contributed by atoms with Crippen LogP contribution in [0.2, 0.25) is 0 Å². The van der Waals surface area contributed by atoms with Gasteiger partial charge in [-0.15, -0.1) is 0 Å². The molecular formula is C25H33N5O3. The van der Waals surface area contributed by atoms with E-state index in [1.54, 1.807) is 0 Å². The number of likely N-dealkylation sites (tertiary alicyclic amines) is 1. The average molecular weight is 452 g/mol. The van der Waals surface area contributed by atoms with E-state index in [1.165, 1.54) is 4.90 Å². The predicted octanol–water partition coefficient (Wildman–Crippen LogP) is 2.96. The number of benzene rings is 1. The molecule has 2 aromatic rings. The number of aliphatic hydroxyl groups is 1. The van der Waals surface area contributed by atoms with E-state index < -0.39 is 0 Å². The third kappa shape index (κ3) is 4.28. The molecule has 2 aliphatic heterocycles. The number of nitrogens with one attached hydrogen (secondary N) is 1. The summed E-state index contributed by atoms with van der Waals surface area (Å²) in [4.78, 5) is 38.1. The van der Waals surface area contributed by atoms with Crippen molar-refractivity contribution in [1.82, 2.24) is 14.9 Å². The summed E-state index contributed by atoms with van der Waals surface area (Å²) in [6, 6.07) is 8.00. The Balaban J connectivity index is 1.33. The van der Waals surface area contributed by atoms with Gasteiger partial charge in [0.1, 0.15) is 5.82 Å². The maximum Gasteiger partial charge on any atom is 0.229 e. The van der Waals surface area contributed by atoms with Crippen molar-refractivity contribution in [2.75, 3.05) is 36.5 Å². The van der Waals surface area contributed by atoms with E-state index in [4.69, 9.17) is 9.97 Å². The zero-order valence-corrected chi connectivity index (χ0v) is 19.3. The normalized spacial score (nSPS) is 26.5. The molecule has 0 spiro atoms. The molecule has 3 fully saturated rings. The Labute approximate surface area is 194 Å². The Morgan fingerprint density at radius 3 is 2.45 bits per heavy atom. The molecule has 0 unspecified atom stereocenters. The van der Waals surface area contributed by atoms with Gasteiger partial charge in [-0.25, -0.2) is 4.98 Å². The van der Waals surface area contributed by atoms with Crippen molar-refractivity contribution in [2.24, 2.45) is 11.3 Å². The van der Waals surface area contributed by atoms with Gasteiger partial charge in [-0.3, -0.25) is 14.5 Å². The van der Waals surface area contributed by atoms with E-state index in [2.05, 4.69) is 17.1 Å². The molecule has 0 bridgehead atoms. The topological polar surface area (TPSA) is 98.7 Å². The van der Waals surface area contributed by atoms with Gasteiger partial charge >= 0.3 is 0 Å². The number of amides is 2. The largest absolute Gasteiger partial charge is 0.396 e. The van der Waals surface area contributed by atoms with Crippen molar-refractivity contribution in [3.8, 4) is 0 Å². The minimum Gasteiger partial charge on any atom is -0.396 e. The highest BCUT2D eigenvalue weighted by molar-refractivity contribution is 5.98. The van der Waals surface area contributed by atoms with Gasteiger partial charge in [0.2, 0.25) is 17.8 Å². The van der Waals surface area contributed by atoms with E-state index in [0.29, 0.717) is 37.7 Å². The van der Waals surface area contributed by atoms with Crippen LogP contribution < -0.4 is 10.2 Å². The van der Waals surface area contributed by atoms with Crippen molar-refractivity contribution < 1.29 is 14.7 Å². The highest BCUT2D eigenvalue weighted by atomic mass is 16.3. The molecule has 5 rings (SSSR count). The molecule has 1 aromatic heterocycles. The monoisotopic (exact) mass is 451 g/mol. The van der Waals surface area contributed by atoms with Crippen LogP contribution >= 0.6 is 0 Å². The molecule has 3 heterocycles.